The van der Waals surface area contributed by atoms with Crippen LogP contribution in [0.2, 0.25) is 0 Å². The molecule has 4 rings (SSSR count). The highest BCUT2D eigenvalue weighted by atomic mass is 16.5. The first-order chi connectivity index (χ1) is 17.8. The van der Waals surface area contributed by atoms with Gasteiger partial charge in [0.25, 0.3) is 5.91 Å². The van der Waals surface area contributed by atoms with Crippen LogP contribution in [0.15, 0.2) is 79.4 Å². The highest BCUT2D eigenvalue weighted by molar-refractivity contribution is 6.43. The van der Waals surface area contributed by atoms with Crippen molar-refractivity contribution in [3.05, 3.63) is 96.1 Å². The summed E-state index contributed by atoms with van der Waals surface area (Å²) in [7, 11) is 0. The molecule has 1 amide bonds. The van der Waals surface area contributed by atoms with E-state index >= 15 is 0 Å². The number of nitrogens with zero attached hydrogens (tertiary/aromatic N) is 1. The molecule has 37 heavy (non-hydrogen) atoms. The van der Waals surface area contributed by atoms with Crippen molar-refractivity contribution in [2.45, 2.75) is 32.9 Å². The molecule has 0 fully saturated rings. The third-order valence-corrected chi connectivity index (χ3v) is 6.35. The molecule has 0 bridgehead atoms. The normalized spacial score (nSPS) is 11.7. The van der Waals surface area contributed by atoms with Crippen molar-refractivity contribution in [1.29, 1.82) is 0 Å². The number of carbonyl (C=O) groups is 4. The summed E-state index contributed by atoms with van der Waals surface area (Å²) < 4.78 is 7.15. The molecular formula is C30H28N2O5. The van der Waals surface area contributed by atoms with Crippen LogP contribution in [0.3, 0.4) is 0 Å². The van der Waals surface area contributed by atoms with E-state index in [-0.39, 0.29) is 24.0 Å². The van der Waals surface area contributed by atoms with Crippen molar-refractivity contribution in [2.24, 2.45) is 0 Å². The van der Waals surface area contributed by atoms with Crippen molar-refractivity contribution in [2.75, 3.05) is 6.61 Å². The molecule has 7 nitrogen and oxygen atoms in total. The van der Waals surface area contributed by atoms with Crippen molar-refractivity contribution in [1.82, 2.24) is 9.88 Å². The van der Waals surface area contributed by atoms with Gasteiger partial charge < -0.3 is 14.6 Å². The highest BCUT2D eigenvalue weighted by Crippen LogP contribution is 2.31. The van der Waals surface area contributed by atoms with Gasteiger partial charge in [-0.1, -0.05) is 43.8 Å². The first-order valence-electron chi connectivity index (χ1n) is 12.1. The zero-order chi connectivity index (χ0) is 26.5. The van der Waals surface area contributed by atoms with Gasteiger partial charge in [-0.25, -0.2) is 4.79 Å². The molecule has 0 radical (unpaired) electrons. The smallest absolute Gasteiger partial charge is 0.330 e. The third-order valence-electron chi connectivity index (χ3n) is 6.35. The molecule has 1 unspecified atom stereocenters. The second-order valence-corrected chi connectivity index (χ2v) is 8.79. The number of fused-ring (bicyclic) bond motifs is 3. The Balaban J connectivity index is 1.80. The number of aromatic nitrogens is 1. The molecule has 3 aromatic carbocycles. The van der Waals surface area contributed by atoms with Gasteiger partial charge in [0.15, 0.2) is 5.78 Å². The lowest BCUT2D eigenvalue weighted by Gasteiger charge is -2.10. The molecule has 7 heteroatoms. The lowest BCUT2D eigenvalue weighted by Crippen LogP contribution is -2.37. The summed E-state index contributed by atoms with van der Waals surface area (Å²) in [4.78, 5) is 50.0. The fraction of sp³-hybridized carbons (Fsp3) is 0.200. The molecule has 1 atom stereocenters. The fourth-order valence-electron chi connectivity index (χ4n) is 4.20. The highest BCUT2D eigenvalue weighted by Gasteiger charge is 2.21. The first-order valence-corrected chi connectivity index (χ1v) is 12.1. The minimum Gasteiger partial charge on any atom is -0.461 e. The maximum atomic E-state index is 13.1. The Labute approximate surface area is 214 Å². The number of Topliss-reactive ketones (excluding diaryl/α,β-unsaturated/α-hetero) is 1. The van der Waals surface area contributed by atoms with Crippen LogP contribution in [0.4, 0.5) is 0 Å². The summed E-state index contributed by atoms with van der Waals surface area (Å²) in [6.07, 6.45) is 1.82. The third kappa shape index (κ3) is 5.35. The monoisotopic (exact) mass is 496 g/mol. The molecule has 0 aliphatic carbocycles. The van der Waals surface area contributed by atoms with Gasteiger partial charge in [-0.2, -0.15) is 0 Å². The van der Waals surface area contributed by atoms with E-state index < -0.39 is 17.7 Å². The summed E-state index contributed by atoms with van der Waals surface area (Å²) >= 11 is 0. The largest absolute Gasteiger partial charge is 0.461 e. The maximum absolute atomic E-state index is 13.1. The van der Waals surface area contributed by atoms with E-state index in [1.165, 1.54) is 0 Å². The lowest BCUT2D eigenvalue weighted by molar-refractivity contribution is -0.138. The molecule has 1 aromatic heterocycles. The Morgan fingerprint density at radius 1 is 0.919 bits per heavy atom. The van der Waals surface area contributed by atoms with E-state index in [2.05, 4.69) is 11.9 Å². The number of carbonyl (C=O) groups excluding carboxylic acids is 4. The van der Waals surface area contributed by atoms with Gasteiger partial charge in [0, 0.05) is 50.6 Å². The minimum absolute atomic E-state index is 0.117. The summed E-state index contributed by atoms with van der Waals surface area (Å²) in [6, 6.07) is 19.3. The van der Waals surface area contributed by atoms with Crippen LogP contribution < -0.4 is 5.32 Å². The number of amides is 1. The molecule has 0 saturated heterocycles. The number of nitrogens with one attached hydrogen (secondary N) is 1. The van der Waals surface area contributed by atoms with E-state index in [0.717, 1.165) is 27.9 Å². The zero-order valence-corrected chi connectivity index (χ0v) is 20.8. The summed E-state index contributed by atoms with van der Waals surface area (Å²) in [6.45, 7) is 7.65. The van der Waals surface area contributed by atoms with E-state index in [1.54, 1.807) is 42.5 Å². The van der Waals surface area contributed by atoms with Gasteiger partial charge in [0.1, 0.15) is 6.61 Å². The van der Waals surface area contributed by atoms with E-state index in [0.29, 0.717) is 24.1 Å². The molecule has 188 valence electrons. The van der Waals surface area contributed by atoms with Crippen molar-refractivity contribution in [3.8, 4) is 0 Å². The van der Waals surface area contributed by atoms with Gasteiger partial charge in [-0.3, -0.25) is 14.4 Å². The number of ether oxygens (including phenoxy) is 1. The van der Waals surface area contributed by atoms with Crippen LogP contribution in [-0.2, 0) is 20.9 Å². The SMILES string of the molecule is C=CC(=O)OCCn1c2ccc(C(=O)C(=O)NC(C)CC)cc2c2cc(C(=O)c3ccccc3)ccc21. The number of rotatable bonds is 10. The number of esters is 1. The summed E-state index contributed by atoms with van der Waals surface area (Å²) in [5.74, 6) is -1.92. The Morgan fingerprint density at radius 2 is 1.54 bits per heavy atom. The quantitative estimate of drug-likeness (QED) is 0.147. The topological polar surface area (TPSA) is 94.5 Å². The number of ketones is 2. The lowest BCUT2D eigenvalue weighted by atomic mass is 10.0. The molecule has 4 aromatic rings. The Bertz CT molecular complexity index is 1520. The van der Waals surface area contributed by atoms with Crippen LogP contribution in [0.5, 0.6) is 0 Å². The maximum Gasteiger partial charge on any atom is 0.330 e. The number of hydrogen-bond donors (Lipinski definition) is 1. The number of hydrogen-bond acceptors (Lipinski definition) is 5. The molecule has 0 spiro atoms. The molecular weight excluding hydrogens is 468 g/mol. The van der Waals surface area contributed by atoms with Crippen LogP contribution >= 0.6 is 0 Å². The van der Waals surface area contributed by atoms with Crippen LogP contribution in [0, 0.1) is 0 Å². The predicted octanol–water partition coefficient (Wildman–Crippen LogP) is 4.85. The Hall–Kier alpha value is -4.52. The number of benzene rings is 3. The summed E-state index contributed by atoms with van der Waals surface area (Å²) in [5.41, 5.74) is 2.92. The van der Waals surface area contributed by atoms with Crippen LogP contribution in [0.1, 0.15) is 46.5 Å². The van der Waals surface area contributed by atoms with Gasteiger partial charge in [-0.15, -0.1) is 0 Å². The van der Waals surface area contributed by atoms with Crippen molar-refractivity contribution >= 4 is 45.2 Å². The second kappa shape index (κ2) is 11.0. The van der Waals surface area contributed by atoms with Crippen LogP contribution in [-0.4, -0.2) is 40.7 Å². The average Bonchev–Trinajstić information content (AvgIpc) is 3.24. The Morgan fingerprint density at radius 3 is 2.16 bits per heavy atom. The first kappa shape index (κ1) is 25.6. The zero-order valence-electron chi connectivity index (χ0n) is 20.8. The van der Waals surface area contributed by atoms with Crippen LogP contribution in [0.25, 0.3) is 21.8 Å². The molecule has 1 N–H and O–H groups in total. The van der Waals surface area contributed by atoms with E-state index in [4.69, 9.17) is 4.74 Å². The second-order valence-electron chi connectivity index (χ2n) is 8.79. The predicted molar refractivity (Wildman–Crippen MR) is 143 cm³/mol. The van der Waals surface area contributed by atoms with Crippen molar-refractivity contribution < 1.29 is 23.9 Å². The molecule has 0 saturated carbocycles. The van der Waals surface area contributed by atoms with E-state index in [1.807, 2.05) is 42.7 Å². The minimum atomic E-state index is -0.659. The molecule has 0 aliphatic heterocycles. The fourth-order valence-corrected chi connectivity index (χ4v) is 4.20. The van der Waals surface area contributed by atoms with Crippen molar-refractivity contribution in [3.63, 3.8) is 0 Å². The molecule has 1 heterocycles. The summed E-state index contributed by atoms with van der Waals surface area (Å²) in [5, 5.41) is 4.18. The standard InChI is InChI=1S/C30H28N2O5/c1-4-19(3)31-30(36)29(35)22-12-14-26-24(18-22)23-17-21(28(34)20-9-7-6-8-10-20)11-13-25(23)32(26)15-16-37-27(33)5-2/h5-14,17-19H,2,4,15-16H2,1,3H3,(H,31,36). The van der Waals surface area contributed by atoms with Gasteiger partial charge in [0.05, 0.1) is 6.54 Å². The van der Waals surface area contributed by atoms with Gasteiger partial charge in [0.2, 0.25) is 5.78 Å². The molecule has 0 aliphatic rings. The van der Waals surface area contributed by atoms with Gasteiger partial charge in [-0.05, 0) is 49.7 Å². The van der Waals surface area contributed by atoms with Gasteiger partial charge >= 0.3 is 5.97 Å². The van der Waals surface area contributed by atoms with E-state index in [9.17, 15) is 19.2 Å². The average molecular weight is 497 g/mol. The Kier molecular flexibility index (Phi) is 7.63.